The highest BCUT2D eigenvalue weighted by Gasteiger charge is 2.43. The Kier molecular flexibility index (Phi) is 5.65. The van der Waals surface area contributed by atoms with Crippen molar-refractivity contribution in [3.63, 3.8) is 0 Å². The minimum absolute atomic E-state index is 0.328. The number of hydrogen-bond acceptors (Lipinski definition) is 4. The fourth-order valence-electron chi connectivity index (χ4n) is 4.63. The lowest BCUT2D eigenvalue weighted by atomic mass is 10.0. The molecule has 0 spiro atoms. The van der Waals surface area contributed by atoms with Crippen molar-refractivity contribution in [3.8, 4) is 0 Å². The number of hydrogen-bond donors (Lipinski definition) is 0. The lowest BCUT2D eigenvalue weighted by molar-refractivity contribution is -0.120. The summed E-state index contributed by atoms with van der Waals surface area (Å²) in [5, 5.41) is 0. The van der Waals surface area contributed by atoms with Gasteiger partial charge >= 0.3 is 0 Å². The molecule has 0 N–H and O–H groups in total. The molecule has 2 aliphatic rings. The van der Waals surface area contributed by atoms with Gasteiger partial charge in [0.1, 0.15) is 11.5 Å². The number of benzene rings is 3. The molecule has 2 heterocycles. The molecule has 2 amide bonds. The van der Waals surface area contributed by atoms with E-state index in [4.69, 9.17) is 0 Å². The Morgan fingerprint density at radius 1 is 0.676 bits per heavy atom. The van der Waals surface area contributed by atoms with Gasteiger partial charge in [-0.25, -0.2) is 9.29 Å². The summed E-state index contributed by atoms with van der Waals surface area (Å²) in [5.74, 6) is -1.10. The largest absolute Gasteiger partial charge is 0.368 e. The maximum atomic E-state index is 13.7. The standard InChI is InChI=1S/C28H26FN3O2/c1-19-6-12-23(13-7-19)32-27(33)25(21-8-10-22(29)11-9-21)26(28(32)34)31-16-14-30(15-17-31)24-5-3-4-20(2)18-24/h3-13,18H,14-17H2,1-2H3. The molecule has 2 aliphatic heterocycles. The van der Waals surface area contributed by atoms with Gasteiger partial charge in [-0.1, -0.05) is 42.0 Å². The Hall–Kier alpha value is -3.93. The SMILES string of the molecule is Cc1ccc(N2C(=O)C(c3ccc(F)cc3)=C(N3CCN(c4cccc(C)c4)CC3)C2=O)cc1. The lowest BCUT2D eigenvalue weighted by Crippen LogP contribution is -2.47. The van der Waals surface area contributed by atoms with Crippen LogP contribution in [0.4, 0.5) is 15.8 Å². The third-order valence-electron chi connectivity index (χ3n) is 6.45. The maximum Gasteiger partial charge on any atom is 0.282 e. The number of carbonyl (C=O) groups excluding carboxylic acids is 2. The zero-order chi connectivity index (χ0) is 23.8. The average Bonchev–Trinajstić information content (AvgIpc) is 3.10. The summed E-state index contributed by atoms with van der Waals surface area (Å²) in [4.78, 5) is 32.8. The van der Waals surface area contributed by atoms with Crippen LogP contribution in [0.2, 0.25) is 0 Å². The van der Waals surface area contributed by atoms with Gasteiger partial charge in [0.25, 0.3) is 11.8 Å². The van der Waals surface area contributed by atoms with Crippen LogP contribution >= 0.6 is 0 Å². The van der Waals surface area contributed by atoms with E-state index in [-0.39, 0.29) is 17.6 Å². The van der Waals surface area contributed by atoms with Gasteiger partial charge in [-0.05, 0) is 61.4 Å². The predicted octanol–water partition coefficient (Wildman–Crippen LogP) is 4.55. The molecule has 1 saturated heterocycles. The Bertz CT molecular complexity index is 1270. The molecule has 34 heavy (non-hydrogen) atoms. The normalized spacial score (nSPS) is 16.6. The van der Waals surface area contributed by atoms with E-state index in [9.17, 15) is 14.0 Å². The lowest BCUT2D eigenvalue weighted by Gasteiger charge is -2.37. The van der Waals surface area contributed by atoms with E-state index >= 15 is 0 Å². The van der Waals surface area contributed by atoms with Crippen LogP contribution in [0, 0.1) is 19.7 Å². The first-order valence-corrected chi connectivity index (χ1v) is 11.4. The van der Waals surface area contributed by atoms with Crippen LogP contribution in [0.1, 0.15) is 16.7 Å². The van der Waals surface area contributed by atoms with Crippen LogP contribution in [-0.4, -0.2) is 42.9 Å². The molecule has 0 saturated carbocycles. The number of halogens is 1. The molecule has 172 valence electrons. The van der Waals surface area contributed by atoms with Crippen molar-refractivity contribution in [2.45, 2.75) is 13.8 Å². The van der Waals surface area contributed by atoms with E-state index in [1.165, 1.54) is 22.6 Å². The molecule has 0 aliphatic carbocycles. The number of amides is 2. The minimum atomic E-state index is -0.384. The molecular weight excluding hydrogens is 429 g/mol. The molecule has 0 radical (unpaired) electrons. The molecule has 3 aromatic carbocycles. The second kappa shape index (κ2) is 8.78. The van der Waals surface area contributed by atoms with Gasteiger partial charge in [-0.15, -0.1) is 0 Å². The summed E-state index contributed by atoms with van der Waals surface area (Å²) in [7, 11) is 0. The number of piperazine rings is 1. The third-order valence-corrected chi connectivity index (χ3v) is 6.45. The number of imide groups is 1. The molecule has 0 aromatic heterocycles. The van der Waals surface area contributed by atoms with Crippen LogP contribution < -0.4 is 9.80 Å². The van der Waals surface area contributed by atoms with E-state index in [1.807, 2.05) is 30.0 Å². The zero-order valence-corrected chi connectivity index (χ0v) is 19.3. The molecular formula is C28H26FN3O2. The van der Waals surface area contributed by atoms with Crippen molar-refractivity contribution in [2.24, 2.45) is 0 Å². The van der Waals surface area contributed by atoms with Crippen LogP contribution in [-0.2, 0) is 9.59 Å². The molecule has 0 atom stereocenters. The Morgan fingerprint density at radius 2 is 1.32 bits per heavy atom. The molecule has 0 unspecified atom stereocenters. The van der Waals surface area contributed by atoms with Gasteiger partial charge in [-0.2, -0.15) is 0 Å². The van der Waals surface area contributed by atoms with E-state index in [0.29, 0.717) is 35.6 Å². The van der Waals surface area contributed by atoms with Gasteiger partial charge in [0.15, 0.2) is 0 Å². The van der Waals surface area contributed by atoms with E-state index in [0.717, 1.165) is 24.3 Å². The van der Waals surface area contributed by atoms with Gasteiger partial charge in [0, 0.05) is 31.9 Å². The smallest absolute Gasteiger partial charge is 0.282 e. The number of carbonyl (C=O) groups is 2. The third kappa shape index (κ3) is 3.96. The summed E-state index contributed by atoms with van der Waals surface area (Å²) >= 11 is 0. The van der Waals surface area contributed by atoms with Crippen molar-refractivity contribution >= 4 is 28.8 Å². The predicted molar refractivity (Wildman–Crippen MR) is 132 cm³/mol. The maximum absolute atomic E-state index is 13.7. The van der Waals surface area contributed by atoms with Crippen molar-refractivity contribution in [1.29, 1.82) is 0 Å². The highest BCUT2D eigenvalue weighted by Crippen LogP contribution is 2.35. The summed E-state index contributed by atoms with van der Waals surface area (Å²) in [6.45, 7) is 6.70. The number of nitrogens with zero attached hydrogens (tertiary/aromatic N) is 3. The summed E-state index contributed by atoms with van der Waals surface area (Å²) < 4.78 is 13.6. The summed E-state index contributed by atoms with van der Waals surface area (Å²) in [6.07, 6.45) is 0. The fourth-order valence-corrected chi connectivity index (χ4v) is 4.63. The summed E-state index contributed by atoms with van der Waals surface area (Å²) in [5.41, 5.74) is 5.20. The van der Waals surface area contributed by atoms with Crippen LogP contribution in [0.25, 0.3) is 5.57 Å². The molecule has 6 heteroatoms. The molecule has 3 aromatic rings. The quantitative estimate of drug-likeness (QED) is 0.542. The summed E-state index contributed by atoms with van der Waals surface area (Å²) in [6, 6.07) is 21.5. The topological polar surface area (TPSA) is 43.9 Å². The first-order chi connectivity index (χ1) is 16.4. The van der Waals surface area contributed by atoms with E-state index in [2.05, 4.69) is 30.0 Å². The van der Waals surface area contributed by atoms with E-state index in [1.54, 1.807) is 24.3 Å². The number of anilines is 2. The number of rotatable bonds is 4. The van der Waals surface area contributed by atoms with Crippen molar-refractivity contribution in [2.75, 3.05) is 36.0 Å². The van der Waals surface area contributed by atoms with Crippen molar-refractivity contribution in [1.82, 2.24) is 4.90 Å². The van der Waals surface area contributed by atoms with Crippen molar-refractivity contribution < 1.29 is 14.0 Å². The molecule has 0 bridgehead atoms. The van der Waals surface area contributed by atoms with E-state index < -0.39 is 0 Å². The zero-order valence-electron chi connectivity index (χ0n) is 19.3. The van der Waals surface area contributed by atoms with Crippen LogP contribution in [0.15, 0.2) is 78.5 Å². The monoisotopic (exact) mass is 455 g/mol. The fraction of sp³-hybridized carbons (Fsp3) is 0.214. The highest BCUT2D eigenvalue weighted by atomic mass is 19.1. The Labute approximate surface area is 198 Å². The first kappa shape index (κ1) is 21.9. The van der Waals surface area contributed by atoms with Crippen molar-refractivity contribution in [3.05, 3.63) is 101 Å². The van der Waals surface area contributed by atoms with Gasteiger partial charge in [0.05, 0.1) is 11.3 Å². The van der Waals surface area contributed by atoms with Gasteiger partial charge < -0.3 is 9.80 Å². The molecule has 5 nitrogen and oxygen atoms in total. The van der Waals surface area contributed by atoms with Crippen LogP contribution in [0.3, 0.4) is 0 Å². The second-order valence-corrected chi connectivity index (χ2v) is 8.82. The average molecular weight is 456 g/mol. The Balaban J connectivity index is 1.49. The number of aryl methyl sites for hydroxylation is 2. The van der Waals surface area contributed by atoms with Crippen LogP contribution in [0.5, 0.6) is 0 Å². The minimum Gasteiger partial charge on any atom is -0.368 e. The van der Waals surface area contributed by atoms with Gasteiger partial charge in [-0.3, -0.25) is 9.59 Å². The van der Waals surface area contributed by atoms with Gasteiger partial charge in [0.2, 0.25) is 0 Å². The first-order valence-electron chi connectivity index (χ1n) is 11.4. The molecule has 1 fully saturated rings. The molecule has 5 rings (SSSR count). The highest BCUT2D eigenvalue weighted by molar-refractivity contribution is 6.45. The Morgan fingerprint density at radius 3 is 1.97 bits per heavy atom. The second-order valence-electron chi connectivity index (χ2n) is 8.82.